The van der Waals surface area contributed by atoms with Gasteiger partial charge in [0.1, 0.15) is 13.2 Å². The first-order valence-corrected chi connectivity index (χ1v) is 8.49. The number of nitrogens with zero attached hydrogens (tertiary/aromatic N) is 1. The maximum atomic E-state index is 12.6. The van der Waals surface area contributed by atoms with Crippen molar-refractivity contribution >= 4 is 21.6 Å². The molecule has 0 aromatic heterocycles. The van der Waals surface area contributed by atoms with Crippen LogP contribution in [-0.4, -0.2) is 44.4 Å². The van der Waals surface area contributed by atoms with E-state index in [1.54, 1.807) is 12.1 Å². The van der Waals surface area contributed by atoms with Gasteiger partial charge >= 0.3 is 0 Å². The van der Waals surface area contributed by atoms with E-state index in [9.17, 15) is 8.42 Å². The van der Waals surface area contributed by atoms with Crippen LogP contribution < -0.4 is 9.47 Å². The first-order valence-electron chi connectivity index (χ1n) is 6.61. The number of hydrogen-bond acceptors (Lipinski definition) is 4. The molecule has 1 atom stereocenters. The van der Waals surface area contributed by atoms with Crippen LogP contribution in [0.2, 0.25) is 0 Å². The Labute approximate surface area is 123 Å². The van der Waals surface area contributed by atoms with Gasteiger partial charge in [-0.05, 0) is 25.0 Å². The van der Waals surface area contributed by atoms with Crippen molar-refractivity contribution in [3.05, 3.63) is 18.2 Å². The number of halogens is 1. The maximum Gasteiger partial charge on any atom is 0.243 e. The smallest absolute Gasteiger partial charge is 0.243 e. The molecule has 1 aromatic carbocycles. The van der Waals surface area contributed by atoms with E-state index in [2.05, 4.69) is 0 Å². The monoisotopic (exact) mass is 317 g/mol. The number of alkyl halides is 1. The van der Waals surface area contributed by atoms with E-state index in [1.807, 2.05) is 0 Å². The molecule has 0 spiro atoms. The van der Waals surface area contributed by atoms with Gasteiger partial charge < -0.3 is 9.47 Å². The largest absolute Gasteiger partial charge is 0.486 e. The quantitative estimate of drug-likeness (QED) is 0.781. The highest BCUT2D eigenvalue weighted by Gasteiger charge is 2.30. The van der Waals surface area contributed by atoms with E-state index < -0.39 is 10.0 Å². The summed E-state index contributed by atoms with van der Waals surface area (Å²) < 4.78 is 37.5. The van der Waals surface area contributed by atoms with Crippen molar-refractivity contribution in [3.63, 3.8) is 0 Å². The van der Waals surface area contributed by atoms with Gasteiger partial charge in [-0.2, -0.15) is 4.31 Å². The predicted octanol–water partition coefficient (Wildman–Crippen LogP) is 1.85. The molecule has 7 heteroatoms. The van der Waals surface area contributed by atoms with Gasteiger partial charge in [0, 0.05) is 24.5 Å². The lowest BCUT2D eigenvalue weighted by Gasteiger charge is -2.29. The van der Waals surface area contributed by atoms with E-state index in [1.165, 1.54) is 10.4 Å². The zero-order chi connectivity index (χ0) is 14.2. The first-order chi connectivity index (χ1) is 9.57. The Morgan fingerprint density at radius 2 is 1.95 bits per heavy atom. The van der Waals surface area contributed by atoms with E-state index in [4.69, 9.17) is 21.1 Å². The highest BCUT2D eigenvalue weighted by molar-refractivity contribution is 7.89. The lowest BCUT2D eigenvalue weighted by molar-refractivity contribution is 0.171. The zero-order valence-corrected chi connectivity index (χ0v) is 12.5. The SMILES string of the molecule is O=S(=O)(c1ccc2c(c1)OCCO2)N1CCCC(Cl)C1. The first kappa shape index (κ1) is 14.0. The third-order valence-corrected chi connectivity index (χ3v) is 5.70. The number of sulfonamides is 1. The molecular formula is C13H16ClNO4S. The summed E-state index contributed by atoms with van der Waals surface area (Å²) in [6, 6.07) is 4.73. The summed E-state index contributed by atoms with van der Waals surface area (Å²) in [5.74, 6) is 1.07. The third kappa shape index (κ3) is 2.60. The van der Waals surface area contributed by atoms with Gasteiger partial charge in [-0.3, -0.25) is 0 Å². The molecule has 0 saturated carbocycles. The maximum absolute atomic E-state index is 12.6. The molecule has 0 amide bonds. The average molecular weight is 318 g/mol. The fourth-order valence-electron chi connectivity index (χ4n) is 2.44. The molecule has 1 fully saturated rings. The second-order valence-corrected chi connectivity index (χ2v) is 7.46. The highest BCUT2D eigenvalue weighted by atomic mass is 35.5. The number of rotatable bonds is 2. The van der Waals surface area contributed by atoms with Gasteiger partial charge in [-0.25, -0.2) is 8.42 Å². The zero-order valence-electron chi connectivity index (χ0n) is 10.9. The summed E-state index contributed by atoms with van der Waals surface area (Å²) in [5, 5.41) is -0.115. The molecule has 2 aliphatic heterocycles. The van der Waals surface area contributed by atoms with Crippen LogP contribution in [0.3, 0.4) is 0 Å². The number of ether oxygens (including phenoxy) is 2. The molecular weight excluding hydrogens is 302 g/mol. The molecule has 110 valence electrons. The highest BCUT2D eigenvalue weighted by Crippen LogP contribution is 2.33. The average Bonchev–Trinajstić information content (AvgIpc) is 2.46. The molecule has 5 nitrogen and oxygen atoms in total. The van der Waals surface area contributed by atoms with Crippen LogP contribution in [0.1, 0.15) is 12.8 Å². The van der Waals surface area contributed by atoms with Crippen LogP contribution >= 0.6 is 11.6 Å². The summed E-state index contributed by atoms with van der Waals surface area (Å²) >= 11 is 6.07. The fourth-order valence-corrected chi connectivity index (χ4v) is 4.39. The lowest BCUT2D eigenvalue weighted by atomic mass is 10.2. The van der Waals surface area contributed by atoms with Crippen LogP contribution in [0, 0.1) is 0 Å². The van der Waals surface area contributed by atoms with E-state index in [0.29, 0.717) is 37.8 Å². The molecule has 0 bridgehead atoms. The second-order valence-electron chi connectivity index (χ2n) is 4.91. The standard InChI is InChI=1S/C13H16ClNO4S/c14-10-2-1-5-15(9-10)20(16,17)11-3-4-12-13(8-11)19-7-6-18-12/h3-4,8,10H,1-2,5-7,9H2. The molecule has 20 heavy (non-hydrogen) atoms. The Morgan fingerprint density at radius 3 is 2.70 bits per heavy atom. The molecule has 2 heterocycles. The minimum atomic E-state index is -3.52. The summed E-state index contributed by atoms with van der Waals surface area (Å²) in [6.07, 6.45) is 1.65. The number of benzene rings is 1. The topological polar surface area (TPSA) is 55.8 Å². The van der Waals surface area contributed by atoms with Gasteiger partial charge in [0.05, 0.1) is 4.90 Å². The molecule has 3 rings (SSSR count). The molecule has 0 N–H and O–H groups in total. The molecule has 1 saturated heterocycles. The van der Waals surface area contributed by atoms with Crippen LogP contribution in [0.15, 0.2) is 23.1 Å². The number of fused-ring (bicyclic) bond motifs is 1. The van der Waals surface area contributed by atoms with Gasteiger partial charge in [-0.15, -0.1) is 11.6 Å². The number of hydrogen-bond donors (Lipinski definition) is 0. The van der Waals surface area contributed by atoms with Crippen LogP contribution in [-0.2, 0) is 10.0 Å². The van der Waals surface area contributed by atoms with Gasteiger partial charge in [-0.1, -0.05) is 0 Å². The molecule has 0 radical (unpaired) electrons. The Kier molecular flexibility index (Phi) is 3.79. The van der Waals surface area contributed by atoms with Gasteiger partial charge in [0.15, 0.2) is 11.5 Å². The summed E-state index contributed by atoms with van der Waals surface area (Å²) in [4.78, 5) is 0.229. The van der Waals surface area contributed by atoms with Gasteiger partial charge in [0.2, 0.25) is 10.0 Å². The van der Waals surface area contributed by atoms with E-state index >= 15 is 0 Å². The lowest BCUT2D eigenvalue weighted by Crippen LogP contribution is -2.40. The third-order valence-electron chi connectivity index (χ3n) is 3.48. The molecule has 0 aliphatic carbocycles. The van der Waals surface area contributed by atoms with Crippen molar-refractivity contribution in [1.82, 2.24) is 4.31 Å². The Balaban J connectivity index is 1.90. The summed E-state index contributed by atoms with van der Waals surface area (Å²) in [7, 11) is -3.52. The van der Waals surface area contributed by atoms with E-state index in [-0.39, 0.29) is 10.3 Å². The Hall–Kier alpha value is -0.980. The number of piperidine rings is 1. The van der Waals surface area contributed by atoms with Crippen molar-refractivity contribution in [2.45, 2.75) is 23.1 Å². The minimum Gasteiger partial charge on any atom is -0.486 e. The molecule has 1 aromatic rings. The molecule has 1 unspecified atom stereocenters. The van der Waals surface area contributed by atoms with Crippen LogP contribution in [0.4, 0.5) is 0 Å². The summed E-state index contributed by atoms with van der Waals surface area (Å²) in [5.41, 5.74) is 0. The van der Waals surface area contributed by atoms with Crippen molar-refractivity contribution in [3.8, 4) is 11.5 Å². The van der Waals surface area contributed by atoms with Crippen molar-refractivity contribution in [2.75, 3.05) is 26.3 Å². The second kappa shape index (κ2) is 5.42. The summed E-state index contributed by atoms with van der Waals surface area (Å²) in [6.45, 7) is 1.79. The van der Waals surface area contributed by atoms with Crippen LogP contribution in [0.5, 0.6) is 11.5 Å². The Bertz CT molecular complexity index is 604. The fraction of sp³-hybridized carbons (Fsp3) is 0.538. The van der Waals surface area contributed by atoms with E-state index in [0.717, 1.165) is 12.8 Å². The van der Waals surface area contributed by atoms with Gasteiger partial charge in [0.25, 0.3) is 0 Å². The minimum absolute atomic E-state index is 0.115. The normalized spacial score (nSPS) is 23.6. The van der Waals surface area contributed by atoms with Crippen molar-refractivity contribution < 1.29 is 17.9 Å². The predicted molar refractivity (Wildman–Crippen MR) is 75.1 cm³/mol. The van der Waals surface area contributed by atoms with Crippen molar-refractivity contribution in [2.24, 2.45) is 0 Å². The van der Waals surface area contributed by atoms with Crippen LogP contribution in [0.25, 0.3) is 0 Å². The Morgan fingerprint density at radius 1 is 1.20 bits per heavy atom. The van der Waals surface area contributed by atoms with Crippen molar-refractivity contribution in [1.29, 1.82) is 0 Å². The molecule has 2 aliphatic rings.